The van der Waals surface area contributed by atoms with Crippen LogP contribution in [0.25, 0.3) is 0 Å². The van der Waals surface area contributed by atoms with Crippen molar-refractivity contribution >= 4 is 39.3 Å². The van der Waals surface area contributed by atoms with Crippen LogP contribution in [0.15, 0.2) is 58.8 Å². The molecule has 23 heavy (non-hydrogen) atoms. The maximum absolute atomic E-state index is 12.0. The fraction of sp³-hybridized carbons (Fsp3) is 0.0625. The molecule has 5 nitrogen and oxygen atoms in total. The molecule has 0 atom stereocenters. The van der Waals surface area contributed by atoms with Crippen molar-refractivity contribution in [2.75, 3.05) is 5.32 Å². The molecule has 1 heterocycles. The monoisotopic (exact) mass is 390 g/mol. The number of carbonyl (C=O) groups is 1. The van der Waals surface area contributed by atoms with Crippen molar-refractivity contribution in [1.29, 1.82) is 5.26 Å². The first-order valence-electron chi connectivity index (χ1n) is 6.59. The van der Waals surface area contributed by atoms with E-state index in [9.17, 15) is 4.79 Å². The molecule has 0 aliphatic heterocycles. The number of hydrogen-bond donors (Lipinski definition) is 2. The molecule has 1 aromatic carbocycles. The number of anilines is 1. The van der Waals surface area contributed by atoms with Crippen LogP contribution in [0.1, 0.15) is 5.56 Å². The van der Waals surface area contributed by atoms with Gasteiger partial charge in [0.25, 0.3) is 5.91 Å². The minimum atomic E-state index is -0.468. The Kier molecular flexibility index (Phi) is 6.15. The van der Waals surface area contributed by atoms with Crippen LogP contribution in [0.3, 0.4) is 0 Å². The Hall–Kier alpha value is -2.36. The van der Waals surface area contributed by atoms with E-state index in [1.807, 2.05) is 18.2 Å². The van der Waals surface area contributed by atoms with Gasteiger partial charge in [0.15, 0.2) is 0 Å². The Labute approximate surface area is 147 Å². The maximum Gasteiger partial charge on any atom is 0.263 e. The average molecular weight is 392 g/mol. The molecule has 2 rings (SSSR count). The van der Waals surface area contributed by atoms with Gasteiger partial charge in [-0.3, -0.25) is 4.79 Å². The normalized spacial score (nSPS) is 10.7. The van der Waals surface area contributed by atoms with E-state index in [2.05, 4.69) is 31.5 Å². The molecule has 0 bridgehead atoms. The molecule has 0 saturated carbocycles. The standard InChI is InChI=1S/C16H12BrClN4O/c17-13-5-6-20-15(7-13)21-10-12(8-19)16(23)22-9-11-1-3-14(18)4-2-11/h1-7,10H,9H2,(H,20,21)(H,22,23)/b12-10-. The zero-order valence-corrected chi connectivity index (χ0v) is 14.2. The number of carbonyl (C=O) groups excluding carboxylic acids is 1. The Morgan fingerprint density at radius 2 is 2.09 bits per heavy atom. The lowest BCUT2D eigenvalue weighted by Crippen LogP contribution is -2.24. The Bertz CT molecular complexity index is 768. The van der Waals surface area contributed by atoms with Crippen molar-refractivity contribution in [3.63, 3.8) is 0 Å². The molecule has 0 radical (unpaired) electrons. The van der Waals surface area contributed by atoms with Gasteiger partial charge >= 0.3 is 0 Å². The van der Waals surface area contributed by atoms with E-state index in [1.165, 1.54) is 6.20 Å². The SMILES string of the molecule is N#C/C(=C/Nc1cc(Br)ccn1)C(=O)NCc1ccc(Cl)cc1. The topological polar surface area (TPSA) is 77.8 Å². The van der Waals surface area contributed by atoms with Gasteiger partial charge in [0.1, 0.15) is 17.5 Å². The number of aromatic nitrogens is 1. The van der Waals surface area contributed by atoms with Crippen LogP contribution < -0.4 is 10.6 Å². The Balaban J connectivity index is 1.96. The van der Waals surface area contributed by atoms with Gasteiger partial charge in [0.2, 0.25) is 0 Å². The molecule has 7 heteroatoms. The van der Waals surface area contributed by atoms with Crippen molar-refractivity contribution in [1.82, 2.24) is 10.3 Å². The van der Waals surface area contributed by atoms with Gasteiger partial charge in [0.05, 0.1) is 0 Å². The lowest BCUT2D eigenvalue weighted by Gasteiger charge is -2.05. The van der Waals surface area contributed by atoms with E-state index >= 15 is 0 Å². The van der Waals surface area contributed by atoms with E-state index in [0.29, 0.717) is 17.4 Å². The number of nitriles is 1. The number of nitrogens with zero attached hydrogens (tertiary/aromatic N) is 2. The summed E-state index contributed by atoms with van der Waals surface area (Å²) in [5, 5.41) is 15.2. The first-order chi connectivity index (χ1) is 11.1. The summed E-state index contributed by atoms with van der Waals surface area (Å²) in [6, 6.07) is 12.5. The molecule has 1 aromatic heterocycles. The van der Waals surface area contributed by atoms with Crippen molar-refractivity contribution in [2.45, 2.75) is 6.54 Å². The minimum Gasteiger partial charge on any atom is -0.347 e. The summed E-state index contributed by atoms with van der Waals surface area (Å²) < 4.78 is 0.842. The smallest absolute Gasteiger partial charge is 0.263 e. The number of hydrogen-bond acceptors (Lipinski definition) is 4. The maximum atomic E-state index is 12.0. The molecule has 116 valence electrons. The Morgan fingerprint density at radius 3 is 2.74 bits per heavy atom. The summed E-state index contributed by atoms with van der Waals surface area (Å²) in [5.74, 6) is 0.0579. The summed E-state index contributed by atoms with van der Waals surface area (Å²) in [7, 11) is 0. The quantitative estimate of drug-likeness (QED) is 0.602. The molecule has 2 aromatic rings. The van der Waals surface area contributed by atoms with E-state index in [-0.39, 0.29) is 5.57 Å². The van der Waals surface area contributed by atoms with Crippen LogP contribution in [-0.4, -0.2) is 10.9 Å². The van der Waals surface area contributed by atoms with Gasteiger partial charge in [-0.15, -0.1) is 0 Å². The number of benzene rings is 1. The van der Waals surface area contributed by atoms with Crippen LogP contribution in [0, 0.1) is 11.3 Å². The molecule has 0 aliphatic carbocycles. The van der Waals surface area contributed by atoms with Crippen molar-refractivity contribution in [3.05, 3.63) is 69.4 Å². The molecular formula is C16H12BrClN4O. The molecule has 0 unspecified atom stereocenters. The largest absolute Gasteiger partial charge is 0.347 e. The lowest BCUT2D eigenvalue weighted by molar-refractivity contribution is -0.117. The summed E-state index contributed by atoms with van der Waals surface area (Å²) in [5.41, 5.74) is 0.849. The van der Waals surface area contributed by atoms with E-state index in [1.54, 1.807) is 30.5 Å². The van der Waals surface area contributed by atoms with Crippen LogP contribution in [0.5, 0.6) is 0 Å². The molecule has 2 N–H and O–H groups in total. The highest BCUT2D eigenvalue weighted by Gasteiger charge is 2.08. The molecule has 1 amide bonds. The highest BCUT2D eigenvalue weighted by Crippen LogP contribution is 2.13. The third-order valence-corrected chi connectivity index (χ3v) is 3.56. The molecule has 0 spiro atoms. The number of amides is 1. The van der Waals surface area contributed by atoms with Crippen molar-refractivity contribution < 1.29 is 4.79 Å². The zero-order chi connectivity index (χ0) is 16.7. The third kappa shape index (κ3) is 5.40. The minimum absolute atomic E-state index is 0.0410. The fourth-order valence-electron chi connectivity index (χ4n) is 1.66. The van der Waals surface area contributed by atoms with Crippen molar-refractivity contribution in [2.24, 2.45) is 0 Å². The van der Waals surface area contributed by atoms with Gasteiger partial charge in [-0.25, -0.2) is 4.98 Å². The molecular weight excluding hydrogens is 380 g/mol. The summed E-state index contributed by atoms with van der Waals surface area (Å²) >= 11 is 9.12. The van der Waals surface area contributed by atoms with E-state index in [4.69, 9.17) is 16.9 Å². The third-order valence-electron chi connectivity index (χ3n) is 2.82. The highest BCUT2D eigenvalue weighted by molar-refractivity contribution is 9.10. The predicted molar refractivity (Wildman–Crippen MR) is 92.6 cm³/mol. The first-order valence-corrected chi connectivity index (χ1v) is 7.76. The number of pyridine rings is 1. The Morgan fingerprint density at radius 1 is 1.35 bits per heavy atom. The highest BCUT2D eigenvalue weighted by atomic mass is 79.9. The number of halogens is 2. The van der Waals surface area contributed by atoms with Crippen molar-refractivity contribution in [3.8, 4) is 6.07 Å². The molecule has 0 aliphatic rings. The fourth-order valence-corrected chi connectivity index (χ4v) is 2.12. The average Bonchev–Trinajstić information content (AvgIpc) is 2.55. The van der Waals surface area contributed by atoms with Gasteiger partial charge in [0, 0.05) is 28.4 Å². The van der Waals surface area contributed by atoms with Crippen LogP contribution in [0.4, 0.5) is 5.82 Å². The second-order valence-electron chi connectivity index (χ2n) is 4.48. The molecule has 0 fully saturated rings. The van der Waals surface area contributed by atoms with Gasteiger partial charge in [-0.2, -0.15) is 5.26 Å². The van der Waals surface area contributed by atoms with Gasteiger partial charge < -0.3 is 10.6 Å². The zero-order valence-electron chi connectivity index (χ0n) is 11.9. The van der Waals surface area contributed by atoms with E-state index < -0.39 is 5.91 Å². The summed E-state index contributed by atoms with van der Waals surface area (Å²) in [6.07, 6.45) is 2.93. The second-order valence-corrected chi connectivity index (χ2v) is 5.83. The summed E-state index contributed by atoms with van der Waals surface area (Å²) in [4.78, 5) is 16.1. The summed E-state index contributed by atoms with van der Waals surface area (Å²) in [6.45, 7) is 0.310. The second kappa shape index (κ2) is 8.32. The lowest BCUT2D eigenvalue weighted by atomic mass is 10.2. The molecule has 0 saturated heterocycles. The predicted octanol–water partition coefficient (Wildman–Crippen LogP) is 3.63. The van der Waals surface area contributed by atoms with E-state index in [0.717, 1.165) is 10.0 Å². The van der Waals surface area contributed by atoms with Crippen LogP contribution in [0.2, 0.25) is 5.02 Å². The number of nitrogens with one attached hydrogen (secondary N) is 2. The van der Waals surface area contributed by atoms with Crippen LogP contribution >= 0.6 is 27.5 Å². The first kappa shape index (κ1) is 17.0. The van der Waals surface area contributed by atoms with Gasteiger partial charge in [-0.05, 0) is 29.8 Å². The van der Waals surface area contributed by atoms with Crippen LogP contribution in [-0.2, 0) is 11.3 Å². The number of rotatable bonds is 5. The van der Waals surface area contributed by atoms with Gasteiger partial charge in [-0.1, -0.05) is 39.7 Å².